The van der Waals surface area contributed by atoms with Crippen LogP contribution in [0.15, 0.2) is 30.6 Å². The molecule has 4 rings (SSSR count). The summed E-state index contributed by atoms with van der Waals surface area (Å²) in [6, 6.07) is 7.74. The first-order chi connectivity index (χ1) is 14.2. The van der Waals surface area contributed by atoms with Gasteiger partial charge in [-0.3, -0.25) is 5.10 Å². The highest BCUT2D eigenvalue weighted by atomic mass is 35.5. The molecule has 0 radical (unpaired) electrons. The molecular formula is C20H21Cl2N7O. The molecule has 3 aromatic rings. The molecule has 10 heteroatoms. The number of H-pyrrole nitrogens is 1. The lowest BCUT2D eigenvalue weighted by molar-refractivity contribution is 0.412. The van der Waals surface area contributed by atoms with Crippen LogP contribution in [-0.4, -0.2) is 40.4 Å². The zero-order chi connectivity index (χ0) is 20.2. The first-order valence-electron chi connectivity index (χ1n) is 9.31. The van der Waals surface area contributed by atoms with Gasteiger partial charge in [0.15, 0.2) is 11.5 Å². The molecule has 0 bridgehead atoms. The number of hydrogen-bond donors (Lipinski definition) is 3. The number of benzene rings is 1. The van der Waals surface area contributed by atoms with Crippen LogP contribution in [0.2, 0.25) is 5.02 Å². The number of aromatic nitrogens is 4. The third-order valence-electron chi connectivity index (χ3n) is 4.99. The van der Waals surface area contributed by atoms with Crippen molar-refractivity contribution in [2.24, 2.45) is 0 Å². The fourth-order valence-electron chi connectivity index (χ4n) is 3.50. The first kappa shape index (κ1) is 21.8. The van der Waals surface area contributed by atoms with Crippen LogP contribution in [0.5, 0.6) is 5.75 Å². The molecule has 156 valence electrons. The van der Waals surface area contributed by atoms with Crippen LogP contribution in [-0.2, 0) is 0 Å². The van der Waals surface area contributed by atoms with Crippen LogP contribution in [0.4, 0.5) is 11.6 Å². The van der Waals surface area contributed by atoms with Gasteiger partial charge in [-0.15, -0.1) is 12.4 Å². The van der Waals surface area contributed by atoms with Gasteiger partial charge in [-0.2, -0.15) is 10.4 Å². The van der Waals surface area contributed by atoms with E-state index in [0.717, 1.165) is 53.5 Å². The number of ether oxygens (including phenoxy) is 1. The van der Waals surface area contributed by atoms with E-state index in [0.29, 0.717) is 17.6 Å². The van der Waals surface area contributed by atoms with Gasteiger partial charge in [0.25, 0.3) is 0 Å². The van der Waals surface area contributed by atoms with Gasteiger partial charge < -0.3 is 15.4 Å². The van der Waals surface area contributed by atoms with Gasteiger partial charge in [0.1, 0.15) is 17.6 Å². The number of nitrogens with zero attached hydrogens (tertiary/aromatic N) is 4. The minimum Gasteiger partial charge on any atom is -0.496 e. The number of methoxy groups -OCH3 is 1. The molecule has 2 aromatic heterocycles. The Hall–Kier alpha value is -2.86. The molecule has 0 atom stereocenters. The average Bonchev–Trinajstić information content (AvgIpc) is 3.23. The third kappa shape index (κ3) is 4.65. The van der Waals surface area contributed by atoms with Gasteiger partial charge in [-0.25, -0.2) is 9.97 Å². The average molecular weight is 446 g/mol. The van der Waals surface area contributed by atoms with Gasteiger partial charge >= 0.3 is 0 Å². The molecule has 30 heavy (non-hydrogen) atoms. The highest BCUT2D eigenvalue weighted by Crippen LogP contribution is 2.39. The van der Waals surface area contributed by atoms with Gasteiger partial charge in [-0.1, -0.05) is 11.6 Å². The Bertz CT molecular complexity index is 1040. The smallest absolute Gasteiger partial charge is 0.158 e. The lowest BCUT2D eigenvalue weighted by atomic mass is 9.89. The molecule has 1 aliphatic heterocycles. The predicted molar refractivity (Wildman–Crippen MR) is 118 cm³/mol. The van der Waals surface area contributed by atoms with Gasteiger partial charge in [0.05, 0.1) is 25.2 Å². The molecule has 1 aromatic carbocycles. The molecule has 0 aliphatic carbocycles. The van der Waals surface area contributed by atoms with E-state index in [4.69, 9.17) is 21.6 Å². The monoisotopic (exact) mass is 445 g/mol. The summed E-state index contributed by atoms with van der Waals surface area (Å²) in [7, 11) is 1.65. The van der Waals surface area contributed by atoms with Gasteiger partial charge in [0, 0.05) is 16.7 Å². The summed E-state index contributed by atoms with van der Waals surface area (Å²) < 4.78 is 5.64. The summed E-state index contributed by atoms with van der Waals surface area (Å²) >= 11 is 6.64. The summed E-state index contributed by atoms with van der Waals surface area (Å²) in [6.07, 6.45) is 5.01. The molecule has 3 heterocycles. The van der Waals surface area contributed by atoms with E-state index >= 15 is 0 Å². The SMILES string of the molecule is COc1cc(C2CCNCC2)c(Cl)cc1-c1cc(Nc2cnc(C#N)cn2)n[nH]1.Cl. The van der Waals surface area contributed by atoms with Crippen molar-refractivity contribution >= 4 is 35.6 Å². The number of nitriles is 1. The minimum atomic E-state index is 0. The topological polar surface area (TPSA) is 112 Å². The molecule has 8 nitrogen and oxygen atoms in total. The van der Waals surface area contributed by atoms with Crippen molar-refractivity contribution in [2.75, 3.05) is 25.5 Å². The van der Waals surface area contributed by atoms with Crippen molar-refractivity contribution < 1.29 is 4.74 Å². The van der Waals surface area contributed by atoms with Crippen molar-refractivity contribution in [3.63, 3.8) is 0 Å². The number of piperidine rings is 1. The largest absolute Gasteiger partial charge is 0.496 e. The van der Waals surface area contributed by atoms with E-state index in [2.05, 4.69) is 30.8 Å². The van der Waals surface area contributed by atoms with E-state index in [1.807, 2.05) is 24.3 Å². The molecule has 0 unspecified atom stereocenters. The van der Waals surface area contributed by atoms with E-state index in [1.54, 1.807) is 7.11 Å². The Balaban J connectivity index is 0.00000256. The number of aromatic amines is 1. The van der Waals surface area contributed by atoms with Crippen molar-refractivity contribution in [3.05, 3.63) is 46.9 Å². The van der Waals surface area contributed by atoms with Crippen molar-refractivity contribution in [1.29, 1.82) is 5.26 Å². The number of halogens is 2. The van der Waals surface area contributed by atoms with E-state index in [-0.39, 0.29) is 18.1 Å². The normalized spacial score (nSPS) is 13.9. The second kappa shape index (κ2) is 9.76. The van der Waals surface area contributed by atoms with Crippen LogP contribution in [0.3, 0.4) is 0 Å². The molecule has 1 saturated heterocycles. The lowest BCUT2D eigenvalue weighted by Gasteiger charge is -2.24. The standard InChI is InChI=1S/C20H20ClN7O.ClH/c1-29-18-7-14(12-2-4-23-5-3-12)16(21)6-15(18)17-8-19(28-27-17)26-20-11-24-13(9-22)10-25-20;/h6-8,10-12,23H,2-5H2,1H3,(H2,25,26,27,28);1H. The van der Waals surface area contributed by atoms with Crippen LogP contribution < -0.4 is 15.4 Å². The Kier molecular flexibility index (Phi) is 7.11. The van der Waals surface area contributed by atoms with Crippen molar-refractivity contribution in [2.45, 2.75) is 18.8 Å². The number of hydrogen-bond acceptors (Lipinski definition) is 7. The fraction of sp³-hybridized carbons (Fsp3) is 0.300. The van der Waals surface area contributed by atoms with Crippen molar-refractivity contribution in [1.82, 2.24) is 25.5 Å². The maximum Gasteiger partial charge on any atom is 0.158 e. The lowest BCUT2D eigenvalue weighted by Crippen LogP contribution is -2.26. The minimum absolute atomic E-state index is 0. The summed E-state index contributed by atoms with van der Waals surface area (Å²) in [6.45, 7) is 2.00. The molecule has 1 fully saturated rings. The summed E-state index contributed by atoms with van der Waals surface area (Å²) in [5.41, 5.74) is 2.98. The van der Waals surface area contributed by atoms with Crippen LogP contribution >= 0.6 is 24.0 Å². The highest BCUT2D eigenvalue weighted by Gasteiger charge is 2.21. The van der Waals surface area contributed by atoms with E-state index < -0.39 is 0 Å². The van der Waals surface area contributed by atoms with E-state index in [1.165, 1.54) is 12.4 Å². The maximum absolute atomic E-state index is 8.81. The number of anilines is 2. The zero-order valence-electron chi connectivity index (χ0n) is 16.3. The summed E-state index contributed by atoms with van der Waals surface area (Å²) in [4.78, 5) is 8.12. The molecule has 3 N–H and O–H groups in total. The van der Waals surface area contributed by atoms with Crippen LogP contribution in [0, 0.1) is 11.3 Å². The molecule has 1 aliphatic rings. The molecule has 0 spiro atoms. The third-order valence-corrected chi connectivity index (χ3v) is 5.32. The number of nitrogens with one attached hydrogen (secondary N) is 3. The Labute approximate surface area is 185 Å². The second-order valence-corrected chi connectivity index (χ2v) is 7.20. The molecule has 0 saturated carbocycles. The summed E-state index contributed by atoms with van der Waals surface area (Å²) in [5.74, 6) is 2.24. The zero-order valence-corrected chi connectivity index (χ0v) is 17.8. The van der Waals surface area contributed by atoms with Gasteiger partial charge in [0.2, 0.25) is 0 Å². The molecule has 0 amide bonds. The fourth-order valence-corrected chi connectivity index (χ4v) is 3.82. The quantitative estimate of drug-likeness (QED) is 0.543. The van der Waals surface area contributed by atoms with E-state index in [9.17, 15) is 0 Å². The Morgan fingerprint density at radius 1 is 1.17 bits per heavy atom. The Morgan fingerprint density at radius 3 is 2.63 bits per heavy atom. The summed E-state index contributed by atoms with van der Waals surface area (Å²) in [5, 5.41) is 23.2. The predicted octanol–water partition coefficient (Wildman–Crippen LogP) is 4.03. The first-order valence-corrected chi connectivity index (χ1v) is 9.69. The van der Waals surface area contributed by atoms with Gasteiger partial charge in [-0.05, 0) is 49.5 Å². The highest BCUT2D eigenvalue weighted by molar-refractivity contribution is 6.31. The van der Waals surface area contributed by atoms with Crippen molar-refractivity contribution in [3.8, 4) is 23.1 Å². The number of rotatable bonds is 5. The Morgan fingerprint density at radius 2 is 1.97 bits per heavy atom. The molecular weight excluding hydrogens is 425 g/mol. The second-order valence-electron chi connectivity index (χ2n) is 6.79. The van der Waals surface area contributed by atoms with Crippen LogP contribution in [0.25, 0.3) is 11.3 Å². The van der Waals surface area contributed by atoms with Crippen LogP contribution in [0.1, 0.15) is 30.0 Å². The maximum atomic E-state index is 8.81.